The van der Waals surface area contributed by atoms with Crippen LogP contribution in [0, 0.1) is 0 Å². The molecule has 4 rings (SSSR count). The van der Waals surface area contributed by atoms with E-state index < -0.39 is 9.84 Å². The van der Waals surface area contributed by atoms with E-state index in [9.17, 15) is 8.42 Å². The molecule has 0 atom stereocenters. The number of sulfone groups is 1. The molecule has 148 valence electrons. The van der Waals surface area contributed by atoms with Gasteiger partial charge in [-0.15, -0.1) is 0 Å². The lowest BCUT2D eigenvalue weighted by Crippen LogP contribution is -2.03. The van der Waals surface area contributed by atoms with Crippen LogP contribution >= 0.6 is 0 Å². The van der Waals surface area contributed by atoms with E-state index in [4.69, 9.17) is 9.47 Å². The van der Waals surface area contributed by atoms with E-state index in [0.29, 0.717) is 22.5 Å². The highest BCUT2D eigenvalue weighted by molar-refractivity contribution is 7.90. The van der Waals surface area contributed by atoms with Gasteiger partial charge in [0.15, 0.2) is 9.84 Å². The Hall–Kier alpha value is -3.59. The van der Waals surface area contributed by atoms with Crippen molar-refractivity contribution in [3.8, 4) is 17.4 Å². The van der Waals surface area contributed by atoms with Crippen LogP contribution in [0.2, 0.25) is 0 Å². The molecule has 0 aliphatic heterocycles. The Labute approximate surface area is 167 Å². The second-order valence-corrected chi connectivity index (χ2v) is 8.22. The number of nitrogens with one attached hydrogen (secondary N) is 2. The van der Waals surface area contributed by atoms with Crippen LogP contribution in [-0.2, 0) is 9.84 Å². The number of aromatic amines is 1. The first-order chi connectivity index (χ1) is 14.0. The van der Waals surface area contributed by atoms with Gasteiger partial charge < -0.3 is 19.8 Å². The van der Waals surface area contributed by atoms with Crippen LogP contribution in [0.15, 0.2) is 65.7 Å². The maximum Gasteiger partial charge on any atom is 0.233 e. The van der Waals surface area contributed by atoms with E-state index in [1.54, 1.807) is 37.6 Å². The van der Waals surface area contributed by atoms with Crippen molar-refractivity contribution in [2.45, 2.75) is 4.90 Å². The third-order valence-electron chi connectivity index (χ3n) is 4.19. The summed E-state index contributed by atoms with van der Waals surface area (Å²) in [5, 5.41) is 3.73. The molecule has 0 saturated heterocycles. The third-order valence-corrected chi connectivity index (χ3v) is 5.33. The molecule has 0 spiro atoms. The standard InChI is InChI=1S/C20H18N4O4S/c1-27-15-8-4-3-7-14(15)22-20-23-18-13(11-12-21-18)19(24-20)28-16-9-5-6-10-17(16)29(2,25)26/h3-12H,1-2H3,(H2,21,22,23,24). The molecule has 0 aliphatic carbocycles. The maximum atomic E-state index is 12.1. The summed E-state index contributed by atoms with van der Waals surface area (Å²) < 4.78 is 35.4. The van der Waals surface area contributed by atoms with E-state index >= 15 is 0 Å². The minimum atomic E-state index is -3.47. The predicted octanol–water partition coefficient (Wildman–Crippen LogP) is 3.91. The van der Waals surface area contributed by atoms with Gasteiger partial charge in [0.2, 0.25) is 11.8 Å². The summed E-state index contributed by atoms with van der Waals surface area (Å²) in [4.78, 5) is 12.0. The number of ether oxygens (including phenoxy) is 2. The third kappa shape index (κ3) is 3.85. The van der Waals surface area contributed by atoms with E-state index in [0.717, 1.165) is 6.26 Å². The fourth-order valence-electron chi connectivity index (χ4n) is 2.86. The number of hydrogen-bond acceptors (Lipinski definition) is 7. The number of benzene rings is 2. The van der Waals surface area contributed by atoms with Gasteiger partial charge in [0.05, 0.1) is 18.2 Å². The quantitative estimate of drug-likeness (QED) is 0.496. The molecule has 0 saturated carbocycles. The van der Waals surface area contributed by atoms with Crippen molar-refractivity contribution < 1.29 is 17.9 Å². The minimum Gasteiger partial charge on any atom is -0.495 e. The molecule has 29 heavy (non-hydrogen) atoms. The number of anilines is 2. The highest BCUT2D eigenvalue weighted by Gasteiger charge is 2.18. The summed E-state index contributed by atoms with van der Waals surface area (Å²) >= 11 is 0. The van der Waals surface area contributed by atoms with Crippen molar-refractivity contribution in [1.82, 2.24) is 15.0 Å². The lowest BCUT2D eigenvalue weighted by molar-refractivity contribution is 0.416. The fraction of sp³-hybridized carbons (Fsp3) is 0.100. The molecule has 0 fully saturated rings. The molecule has 2 aromatic carbocycles. The van der Waals surface area contributed by atoms with Gasteiger partial charge in [0.25, 0.3) is 0 Å². The van der Waals surface area contributed by atoms with Crippen molar-refractivity contribution in [1.29, 1.82) is 0 Å². The lowest BCUT2D eigenvalue weighted by Gasteiger charge is -2.13. The summed E-state index contributed by atoms with van der Waals surface area (Å²) in [7, 11) is -1.89. The molecule has 2 aromatic heterocycles. The molecule has 0 radical (unpaired) electrons. The van der Waals surface area contributed by atoms with Gasteiger partial charge in [-0.25, -0.2) is 8.42 Å². The van der Waals surface area contributed by atoms with Crippen LogP contribution in [0.25, 0.3) is 11.0 Å². The Bertz CT molecular complexity index is 1280. The second-order valence-electron chi connectivity index (χ2n) is 6.24. The van der Waals surface area contributed by atoms with Crippen molar-refractivity contribution in [2.75, 3.05) is 18.7 Å². The molecule has 0 bridgehead atoms. The summed E-state index contributed by atoms with van der Waals surface area (Å²) in [6, 6.07) is 15.6. The van der Waals surface area contributed by atoms with Crippen molar-refractivity contribution >= 4 is 32.5 Å². The van der Waals surface area contributed by atoms with E-state index in [-0.39, 0.29) is 22.5 Å². The van der Waals surface area contributed by atoms with Gasteiger partial charge in [-0.3, -0.25) is 0 Å². The first kappa shape index (κ1) is 18.8. The first-order valence-corrected chi connectivity index (χ1v) is 10.6. The topological polar surface area (TPSA) is 106 Å². The molecule has 0 unspecified atom stereocenters. The van der Waals surface area contributed by atoms with Crippen LogP contribution in [0.1, 0.15) is 0 Å². The van der Waals surface area contributed by atoms with Crippen LogP contribution in [0.4, 0.5) is 11.6 Å². The van der Waals surface area contributed by atoms with Gasteiger partial charge in [0.1, 0.15) is 22.0 Å². The van der Waals surface area contributed by atoms with Crippen LogP contribution < -0.4 is 14.8 Å². The Morgan fingerprint density at radius 1 is 0.966 bits per heavy atom. The molecule has 4 aromatic rings. The molecule has 2 N–H and O–H groups in total. The number of nitrogens with zero attached hydrogens (tertiary/aromatic N) is 2. The largest absolute Gasteiger partial charge is 0.495 e. The van der Waals surface area contributed by atoms with Crippen molar-refractivity contribution in [3.63, 3.8) is 0 Å². The van der Waals surface area contributed by atoms with Gasteiger partial charge >= 0.3 is 0 Å². The van der Waals surface area contributed by atoms with Crippen LogP contribution in [-0.4, -0.2) is 36.7 Å². The van der Waals surface area contributed by atoms with Gasteiger partial charge in [-0.1, -0.05) is 24.3 Å². The van der Waals surface area contributed by atoms with Gasteiger partial charge in [-0.05, 0) is 30.3 Å². The zero-order valence-electron chi connectivity index (χ0n) is 15.7. The smallest absolute Gasteiger partial charge is 0.233 e. The molecular formula is C20H18N4O4S. The first-order valence-electron chi connectivity index (χ1n) is 8.68. The number of para-hydroxylation sites is 3. The fourth-order valence-corrected chi connectivity index (χ4v) is 3.66. The summed E-state index contributed by atoms with van der Waals surface area (Å²) in [5.41, 5.74) is 1.23. The Balaban J connectivity index is 1.77. The molecule has 8 nitrogen and oxygen atoms in total. The minimum absolute atomic E-state index is 0.0848. The van der Waals surface area contributed by atoms with Crippen LogP contribution in [0.5, 0.6) is 17.4 Å². The molecule has 9 heteroatoms. The van der Waals surface area contributed by atoms with Gasteiger partial charge in [-0.2, -0.15) is 9.97 Å². The molecular weight excluding hydrogens is 392 g/mol. The maximum absolute atomic E-state index is 12.1. The number of fused-ring (bicyclic) bond motifs is 1. The zero-order chi connectivity index (χ0) is 20.4. The van der Waals surface area contributed by atoms with Gasteiger partial charge in [0, 0.05) is 12.5 Å². The van der Waals surface area contributed by atoms with Crippen LogP contribution in [0.3, 0.4) is 0 Å². The second kappa shape index (κ2) is 7.44. The normalized spacial score (nSPS) is 11.4. The van der Waals surface area contributed by atoms with E-state index in [2.05, 4.69) is 20.3 Å². The zero-order valence-corrected chi connectivity index (χ0v) is 16.5. The summed E-state index contributed by atoms with van der Waals surface area (Å²) in [6.45, 7) is 0. The predicted molar refractivity (Wildman–Crippen MR) is 110 cm³/mol. The monoisotopic (exact) mass is 410 g/mol. The number of methoxy groups -OCH3 is 1. The van der Waals surface area contributed by atoms with Crippen molar-refractivity contribution in [2.24, 2.45) is 0 Å². The Morgan fingerprint density at radius 2 is 1.69 bits per heavy atom. The highest BCUT2D eigenvalue weighted by Crippen LogP contribution is 2.33. The number of rotatable bonds is 6. The van der Waals surface area contributed by atoms with E-state index in [1.165, 1.54) is 6.07 Å². The number of H-pyrrole nitrogens is 1. The average molecular weight is 410 g/mol. The van der Waals surface area contributed by atoms with E-state index in [1.807, 2.05) is 24.3 Å². The highest BCUT2D eigenvalue weighted by atomic mass is 32.2. The average Bonchev–Trinajstić information content (AvgIpc) is 3.17. The molecule has 0 amide bonds. The SMILES string of the molecule is COc1ccccc1Nc1nc(Oc2ccccc2S(C)(=O)=O)c2cc[nH]c2n1. The van der Waals surface area contributed by atoms with Crippen molar-refractivity contribution in [3.05, 3.63) is 60.8 Å². The molecule has 2 heterocycles. The lowest BCUT2D eigenvalue weighted by atomic mass is 10.3. The summed E-state index contributed by atoms with van der Waals surface area (Å²) in [6.07, 6.45) is 2.84. The molecule has 0 aliphatic rings. The summed E-state index contributed by atoms with van der Waals surface area (Å²) in [5.74, 6) is 1.33. The Kier molecular flexibility index (Phi) is 4.81. The number of aromatic nitrogens is 3. The number of hydrogen-bond donors (Lipinski definition) is 2. The Morgan fingerprint density at radius 3 is 2.45 bits per heavy atom.